The number of rotatable bonds is 9. The van der Waals surface area contributed by atoms with Crippen molar-refractivity contribution in [1.82, 2.24) is 15.0 Å². The number of ether oxygens (including phenoxy) is 2. The van der Waals surface area contributed by atoms with Gasteiger partial charge in [-0.15, -0.1) is 0 Å². The molecule has 13 heteroatoms. The number of aromatic nitrogens is 3. The van der Waals surface area contributed by atoms with E-state index in [1.54, 1.807) is 24.8 Å². The molecule has 0 spiro atoms. The van der Waals surface area contributed by atoms with Crippen molar-refractivity contribution in [3.05, 3.63) is 53.9 Å². The monoisotopic (exact) mass is 600 g/mol. The molecule has 10 nitrogen and oxygen atoms in total. The third-order valence-electron chi connectivity index (χ3n) is 7.31. The van der Waals surface area contributed by atoms with Crippen LogP contribution in [-0.4, -0.2) is 64.2 Å². The number of hydrogen-bond donors (Lipinski definition) is 2. The van der Waals surface area contributed by atoms with Gasteiger partial charge in [-0.05, 0) is 56.9 Å². The zero-order chi connectivity index (χ0) is 30.8. The largest absolute Gasteiger partial charge is 0.463 e. The Balaban J connectivity index is 1.37. The highest BCUT2D eigenvalue weighted by molar-refractivity contribution is 6.04. The molecule has 3 aromatic rings. The molecule has 2 aliphatic rings. The molecule has 230 valence electrons. The van der Waals surface area contributed by atoms with Crippen molar-refractivity contribution in [1.29, 1.82) is 0 Å². The van der Waals surface area contributed by atoms with E-state index in [2.05, 4.69) is 20.2 Å². The van der Waals surface area contributed by atoms with Crippen LogP contribution in [0.2, 0.25) is 0 Å². The number of benzene rings is 1. The molecule has 2 amide bonds. The number of pyridine rings is 1. The summed E-state index contributed by atoms with van der Waals surface area (Å²) in [5, 5.41) is 12.4. The van der Waals surface area contributed by atoms with Gasteiger partial charge < -0.3 is 24.8 Å². The summed E-state index contributed by atoms with van der Waals surface area (Å²) in [6.07, 6.45) is 1.13. The summed E-state index contributed by atoms with van der Waals surface area (Å²) < 4.78 is 51.3. The van der Waals surface area contributed by atoms with Crippen molar-refractivity contribution >= 4 is 23.2 Å². The average Bonchev–Trinajstić information content (AvgIpc) is 2.96. The minimum Gasteiger partial charge on any atom is -0.463 e. The molecule has 2 aliphatic heterocycles. The van der Waals surface area contributed by atoms with Gasteiger partial charge in [0.15, 0.2) is 11.6 Å². The minimum atomic E-state index is -4.49. The second-order valence-electron chi connectivity index (χ2n) is 11.1. The number of piperidine rings is 1. The highest BCUT2D eigenvalue weighted by Crippen LogP contribution is 2.42. The van der Waals surface area contributed by atoms with E-state index < -0.39 is 23.6 Å². The van der Waals surface area contributed by atoms with E-state index in [1.165, 1.54) is 18.5 Å². The number of amides is 2. The third kappa shape index (κ3) is 7.16. The van der Waals surface area contributed by atoms with Gasteiger partial charge in [-0.2, -0.15) is 13.2 Å². The molecule has 1 fully saturated rings. The predicted molar refractivity (Wildman–Crippen MR) is 155 cm³/mol. The fourth-order valence-corrected chi connectivity index (χ4v) is 5.31. The third-order valence-corrected chi connectivity index (χ3v) is 7.31. The van der Waals surface area contributed by atoms with E-state index in [4.69, 9.17) is 14.5 Å². The van der Waals surface area contributed by atoms with Gasteiger partial charge in [0.2, 0.25) is 0 Å². The van der Waals surface area contributed by atoms with Crippen LogP contribution in [0.3, 0.4) is 0 Å². The second kappa shape index (κ2) is 12.3. The molecule has 1 aromatic carbocycles. The lowest BCUT2D eigenvalue weighted by Gasteiger charge is -2.46. The first-order valence-corrected chi connectivity index (χ1v) is 14.3. The van der Waals surface area contributed by atoms with Gasteiger partial charge in [-0.25, -0.2) is 19.7 Å². The van der Waals surface area contributed by atoms with Crippen LogP contribution in [0.25, 0.3) is 11.3 Å². The Morgan fingerprint density at radius 2 is 1.93 bits per heavy atom. The summed E-state index contributed by atoms with van der Waals surface area (Å²) in [6.45, 7) is 7.06. The number of carbonyl (C=O) groups excluding carboxylic acids is 1. The molecule has 0 saturated carbocycles. The number of anilines is 3. The summed E-state index contributed by atoms with van der Waals surface area (Å²) in [6, 6.07) is 6.61. The van der Waals surface area contributed by atoms with Crippen LogP contribution in [-0.2, 0) is 17.3 Å². The maximum atomic E-state index is 13.7. The lowest BCUT2D eigenvalue weighted by Crippen LogP contribution is -2.56. The summed E-state index contributed by atoms with van der Waals surface area (Å²) in [5.41, 5.74) is 1.95. The number of aliphatic hydroxyl groups is 1. The van der Waals surface area contributed by atoms with E-state index >= 15 is 0 Å². The topological polar surface area (TPSA) is 113 Å². The number of halogens is 3. The number of aryl methyl sites for hydroxylation is 1. The number of urea groups is 1. The Hall–Kier alpha value is -3.97. The number of nitrogens with zero attached hydrogens (tertiary/aromatic N) is 5. The van der Waals surface area contributed by atoms with Crippen molar-refractivity contribution in [3.8, 4) is 17.3 Å². The van der Waals surface area contributed by atoms with Crippen molar-refractivity contribution in [2.24, 2.45) is 0 Å². The zero-order valence-corrected chi connectivity index (χ0v) is 24.3. The van der Waals surface area contributed by atoms with Gasteiger partial charge in [-0.3, -0.25) is 4.90 Å². The smallest absolute Gasteiger partial charge is 0.416 e. The highest BCUT2D eigenvalue weighted by atomic mass is 19.4. The van der Waals surface area contributed by atoms with Crippen LogP contribution in [0.1, 0.15) is 51.2 Å². The normalized spacial score (nSPS) is 16.6. The Labute approximate surface area is 247 Å². The van der Waals surface area contributed by atoms with E-state index in [1.807, 2.05) is 13.0 Å². The fraction of sp³-hybridized carbons (Fsp3) is 0.467. The van der Waals surface area contributed by atoms with Crippen LogP contribution < -0.4 is 19.9 Å². The van der Waals surface area contributed by atoms with Crippen molar-refractivity contribution in [2.75, 3.05) is 41.4 Å². The Morgan fingerprint density at radius 1 is 1.16 bits per heavy atom. The van der Waals surface area contributed by atoms with E-state index in [0.717, 1.165) is 42.8 Å². The van der Waals surface area contributed by atoms with Crippen molar-refractivity contribution < 1.29 is 32.5 Å². The van der Waals surface area contributed by atoms with Gasteiger partial charge in [0, 0.05) is 25.1 Å². The number of carbonyl (C=O) groups is 1. The average molecular weight is 601 g/mol. The summed E-state index contributed by atoms with van der Waals surface area (Å²) in [5.74, 6) is -0.804. The quantitative estimate of drug-likeness (QED) is 0.239. The van der Waals surface area contributed by atoms with Gasteiger partial charge in [0.25, 0.3) is 0 Å². The van der Waals surface area contributed by atoms with Crippen LogP contribution >= 0.6 is 0 Å². The fourth-order valence-electron chi connectivity index (χ4n) is 5.31. The number of fused-ring (bicyclic) bond motifs is 4. The van der Waals surface area contributed by atoms with E-state index in [-0.39, 0.29) is 18.7 Å². The molecular weight excluding hydrogens is 565 g/mol. The van der Waals surface area contributed by atoms with Gasteiger partial charge >= 0.3 is 18.2 Å². The van der Waals surface area contributed by atoms with Crippen molar-refractivity contribution in [2.45, 2.75) is 64.5 Å². The number of alkyl halides is 3. The second-order valence-corrected chi connectivity index (χ2v) is 11.1. The van der Waals surface area contributed by atoms with Crippen LogP contribution in [0.4, 0.5) is 35.2 Å². The van der Waals surface area contributed by atoms with E-state index in [9.17, 15) is 23.1 Å². The predicted octanol–water partition coefficient (Wildman–Crippen LogP) is 5.65. The number of nitrogens with one attached hydrogen (secondary N) is 1. The maximum absolute atomic E-state index is 13.7. The van der Waals surface area contributed by atoms with Gasteiger partial charge in [-0.1, -0.05) is 19.1 Å². The van der Waals surface area contributed by atoms with Gasteiger partial charge in [0.05, 0.1) is 54.3 Å². The first-order valence-electron chi connectivity index (χ1n) is 14.3. The molecule has 1 atom stereocenters. The Morgan fingerprint density at radius 3 is 2.63 bits per heavy atom. The molecule has 1 unspecified atom stereocenters. The maximum Gasteiger partial charge on any atom is 0.416 e. The van der Waals surface area contributed by atoms with Crippen LogP contribution in [0.15, 0.2) is 42.7 Å². The molecule has 2 N–H and O–H groups in total. The first kappa shape index (κ1) is 30.5. The molecule has 2 aromatic heterocycles. The first-order chi connectivity index (χ1) is 20.4. The highest BCUT2D eigenvalue weighted by Gasteiger charge is 2.39. The summed E-state index contributed by atoms with van der Waals surface area (Å²) in [7, 11) is 0. The molecular formula is C30H35F3N6O4. The molecule has 1 saturated heterocycles. The Kier molecular flexibility index (Phi) is 8.74. The molecule has 4 heterocycles. The minimum absolute atomic E-state index is 0.131. The SMILES string of the molecule is CCc1cc2c(nc1-c1cccc(C(F)(F)F)c1)N(C(=O)Nc1cnc(OCCCOC(C)(C)O)nc1)C1CCCN2C1. The zero-order valence-electron chi connectivity index (χ0n) is 24.3. The standard InChI is InChI=1S/C30H35F3N6O4/c1-4-19-15-24-26(37-25(19)20-8-5-9-21(14-20)30(31,32)33)39(23-10-6-11-38(24)18-23)28(40)36-22-16-34-27(35-17-22)42-12-7-13-43-29(2,3)41/h5,8-9,14-17,23,41H,4,6-7,10-13,18H2,1-3H3,(H,36,40). The van der Waals surface area contributed by atoms with Crippen molar-refractivity contribution in [3.63, 3.8) is 0 Å². The lowest BCUT2D eigenvalue weighted by molar-refractivity contribution is -0.177. The van der Waals surface area contributed by atoms with E-state index in [0.29, 0.717) is 48.8 Å². The molecule has 43 heavy (non-hydrogen) atoms. The van der Waals surface area contributed by atoms with Gasteiger partial charge in [0.1, 0.15) is 0 Å². The molecule has 2 bridgehead atoms. The lowest BCUT2D eigenvalue weighted by atomic mass is 9.96. The molecule has 5 rings (SSSR count). The summed E-state index contributed by atoms with van der Waals surface area (Å²) >= 11 is 0. The summed E-state index contributed by atoms with van der Waals surface area (Å²) in [4.78, 5) is 30.7. The number of hydrogen-bond acceptors (Lipinski definition) is 8. The molecule has 0 aliphatic carbocycles. The molecule has 0 radical (unpaired) electrons. The Bertz CT molecular complexity index is 1450. The van der Waals surface area contributed by atoms with Crippen LogP contribution in [0.5, 0.6) is 6.01 Å². The van der Waals surface area contributed by atoms with Crippen LogP contribution in [0, 0.1) is 0 Å².